The van der Waals surface area contributed by atoms with Crippen LogP contribution in [-0.4, -0.2) is 76.7 Å². The third-order valence-electron chi connectivity index (χ3n) is 7.50. The molecule has 6 nitrogen and oxygen atoms in total. The van der Waals surface area contributed by atoms with Crippen LogP contribution < -0.4 is 10.7 Å². The van der Waals surface area contributed by atoms with Gasteiger partial charge in [-0.1, -0.05) is 116 Å². The Morgan fingerprint density at radius 3 is 2.05 bits per heavy atom. The zero-order valence-corrected chi connectivity index (χ0v) is 26.1. The highest BCUT2D eigenvalue weighted by atomic mass is 32.2. The SMILES string of the molecule is C=CCOC(=O)N1CC(SC(c2ccccc2)(c2ccccc2)c2ccccc2)CC1NCC(=S)NN1CCSCC1. The standard InChI is InChI=1S/C33H38N4O2S3/c1-2-20-39-32(38)37-25-29(23-30(37)34-24-31(40)35-36-18-21-41-22-19-36)42-33(26-12-6-3-7-13-26,27-14-8-4-9-15-27)28-16-10-5-11-17-28/h2-17,29-30,34H,1,18-25H2,(H,35,40). The number of likely N-dealkylation sites (tertiary alicyclic amines) is 1. The third kappa shape index (κ3) is 7.38. The number of benzene rings is 3. The van der Waals surface area contributed by atoms with E-state index in [1.54, 1.807) is 6.08 Å². The lowest BCUT2D eigenvalue weighted by atomic mass is 9.84. The molecule has 2 aliphatic rings. The first-order chi connectivity index (χ1) is 20.6. The Morgan fingerprint density at radius 1 is 0.976 bits per heavy atom. The molecular weight excluding hydrogens is 581 g/mol. The second kappa shape index (κ2) is 15.1. The van der Waals surface area contributed by atoms with Crippen molar-refractivity contribution in [2.45, 2.75) is 22.6 Å². The molecule has 42 heavy (non-hydrogen) atoms. The Morgan fingerprint density at radius 2 is 1.52 bits per heavy atom. The fourth-order valence-corrected chi connectivity index (χ4v) is 8.51. The number of thioether (sulfide) groups is 2. The number of thiocarbonyl (C=S) groups is 1. The number of hydrogen-bond acceptors (Lipinski definition) is 7. The summed E-state index contributed by atoms with van der Waals surface area (Å²) in [7, 11) is 0. The number of amides is 1. The van der Waals surface area contributed by atoms with E-state index in [0.717, 1.165) is 36.0 Å². The quantitative estimate of drug-likeness (QED) is 0.157. The fourth-order valence-electron chi connectivity index (χ4n) is 5.57. The van der Waals surface area contributed by atoms with E-state index in [1.165, 1.54) is 16.7 Å². The van der Waals surface area contributed by atoms with Crippen LogP contribution in [0, 0.1) is 0 Å². The molecule has 2 fully saturated rings. The second-order valence-electron chi connectivity index (χ2n) is 10.3. The highest BCUT2D eigenvalue weighted by Gasteiger charge is 2.44. The lowest BCUT2D eigenvalue weighted by Gasteiger charge is -2.37. The number of hydrogen-bond donors (Lipinski definition) is 2. The highest BCUT2D eigenvalue weighted by Crippen LogP contribution is 2.52. The summed E-state index contributed by atoms with van der Waals surface area (Å²) in [6, 6.07) is 32.0. The molecule has 0 bridgehead atoms. The van der Waals surface area contributed by atoms with Crippen molar-refractivity contribution in [3.8, 4) is 0 Å². The molecule has 2 unspecified atom stereocenters. The van der Waals surface area contributed by atoms with Crippen molar-refractivity contribution in [3.05, 3.63) is 120 Å². The summed E-state index contributed by atoms with van der Waals surface area (Å²) in [5.41, 5.74) is 6.98. The van der Waals surface area contributed by atoms with Crippen LogP contribution in [0.1, 0.15) is 23.1 Å². The van der Waals surface area contributed by atoms with Gasteiger partial charge in [-0.25, -0.2) is 9.80 Å². The zero-order valence-electron chi connectivity index (χ0n) is 23.7. The van der Waals surface area contributed by atoms with Gasteiger partial charge in [0.2, 0.25) is 0 Å². The van der Waals surface area contributed by atoms with Crippen molar-refractivity contribution in [3.63, 3.8) is 0 Å². The minimum absolute atomic E-state index is 0.125. The van der Waals surface area contributed by atoms with Crippen LogP contribution in [0.3, 0.4) is 0 Å². The predicted octanol–water partition coefficient (Wildman–Crippen LogP) is 5.91. The largest absolute Gasteiger partial charge is 0.445 e. The van der Waals surface area contributed by atoms with Crippen molar-refractivity contribution in [1.82, 2.24) is 20.7 Å². The maximum Gasteiger partial charge on any atom is 0.411 e. The van der Waals surface area contributed by atoms with E-state index >= 15 is 0 Å². The van der Waals surface area contributed by atoms with Gasteiger partial charge in [-0.2, -0.15) is 11.8 Å². The molecule has 2 saturated heterocycles. The lowest BCUT2D eigenvalue weighted by molar-refractivity contribution is 0.103. The van der Waals surface area contributed by atoms with Gasteiger partial charge in [0.25, 0.3) is 0 Å². The van der Waals surface area contributed by atoms with Crippen molar-refractivity contribution in [2.75, 3.05) is 44.3 Å². The van der Waals surface area contributed by atoms with Gasteiger partial charge >= 0.3 is 6.09 Å². The number of rotatable bonds is 11. The average Bonchev–Trinajstić information content (AvgIpc) is 3.46. The Hall–Kier alpha value is -2.82. The monoisotopic (exact) mass is 618 g/mol. The maximum absolute atomic E-state index is 13.2. The minimum Gasteiger partial charge on any atom is -0.445 e. The van der Waals surface area contributed by atoms with Gasteiger partial charge in [0.05, 0.1) is 10.9 Å². The molecule has 0 aliphatic carbocycles. The molecule has 2 aliphatic heterocycles. The Bertz CT molecular complexity index is 1210. The molecule has 2 N–H and O–H groups in total. The molecule has 2 heterocycles. The molecule has 0 radical (unpaired) electrons. The number of nitrogens with zero attached hydrogens (tertiary/aromatic N) is 2. The molecule has 0 saturated carbocycles. The van der Waals surface area contributed by atoms with Crippen LogP contribution in [0.4, 0.5) is 4.79 Å². The van der Waals surface area contributed by atoms with Crippen LogP contribution >= 0.6 is 35.7 Å². The van der Waals surface area contributed by atoms with Crippen LogP contribution in [0.25, 0.3) is 0 Å². The molecule has 9 heteroatoms. The van der Waals surface area contributed by atoms with Gasteiger partial charge in [-0.05, 0) is 23.1 Å². The van der Waals surface area contributed by atoms with Gasteiger partial charge in [0.1, 0.15) is 11.6 Å². The van der Waals surface area contributed by atoms with Crippen molar-refractivity contribution >= 4 is 46.8 Å². The van der Waals surface area contributed by atoms with E-state index < -0.39 is 4.75 Å². The fraction of sp³-hybridized carbons (Fsp3) is 0.333. The number of carbonyl (C=O) groups excluding carboxylic acids is 1. The molecule has 220 valence electrons. The second-order valence-corrected chi connectivity index (χ2v) is 13.5. The summed E-state index contributed by atoms with van der Waals surface area (Å²) < 4.78 is 5.06. The van der Waals surface area contributed by atoms with Crippen molar-refractivity contribution in [1.29, 1.82) is 0 Å². The molecule has 2 atom stereocenters. The number of nitrogens with one attached hydrogen (secondary N) is 2. The summed E-state index contributed by atoms with van der Waals surface area (Å²) >= 11 is 9.54. The number of hydrazine groups is 1. The highest BCUT2D eigenvalue weighted by molar-refractivity contribution is 8.01. The summed E-state index contributed by atoms with van der Waals surface area (Å²) in [5.74, 6) is 2.19. The molecular formula is C33H38N4O2S3. The molecule has 3 aromatic carbocycles. The van der Waals surface area contributed by atoms with E-state index in [1.807, 2.05) is 28.4 Å². The van der Waals surface area contributed by atoms with Crippen LogP contribution in [0.2, 0.25) is 0 Å². The van der Waals surface area contributed by atoms with E-state index in [0.29, 0.717) is 13.1 Å². The van der Waals surface area contributed by atoms with Crippen LogP contribution in [0.15, 0.2) is 104 Å². The van der Waals surface area contributed by atoms with Gasteiger partial charge in [-0.3, -0.25) is 10.2 Å². The molecule has 0 aromatic heterocycles. The number of ether oxygens (including phenoxy) is 1. The molecule has 3 aromatic rings. The molecule has 5 rings (SSSR count). The average molecular weight is 619 g/mol. The first kappa shape index (κ1) is 30.6. The molecule has 1 amide bonds. The van der Waals surface area contributed by atoms with Gasteiger partial charge in [0, 0.05) is 42.9 Å². The first-order valence-corrected chi connectivity index (χ1v) is 16.8. The van der Waals surface area contributed by atoms with Gasteiger partial charge in [0.15, 0.2) is 0 Å². The van der Waals surface area contributed by atoms with Crippen LogP contribution in [-0.2, 0) is 9.48 Å². The topological polar surface area (TPSA) is 56.8 Å². The summed E-state index contributed by atoms with van der Waals surface area (Å²) in [5, 5.41) is 5.87. The minimum atomic E-state index is -0.469. The smallest absolute Gasteiger partial charge is 0.411 e. The Labute approximate surface area is 263 Å². The Balaban J connectivity index is 1.42. The zero-order chi connectivity index (χ0) is 29.2. The maximum atomic E-state index is 13.2. The van der Waals surface area contributed by atoms with Crippen LogP contribution in [0.5, 0.6) is 0 Å². The van der Waals surface area contributed by atoms with Gasteiger partial charge < -0.3 is 10.2 Å². The summed E-state index contributed by atoms with van der Waals surface area (Å²) in [6.45, 7) is 6.85. The van der Waals surface area contributed by atoms with Crippen molar-refractivity contribution < 1.29 is 9.53 Å². The summed E-state index contributed by atoms with van der Waals surface area (Å²) in [4.78, 5) is 15.8. The lowest BCUT2D eigenvalue weighted by Crippen LogP contribution is -2.51. The molecule has 0 spiro atoms. The predicted molar refractivity (Wildman–Crippen MR) is 180 cm³/mol. The number of carbonyl (C=O) groups is 1. The van der Waals surface area contributed by atoms with E-state index in [-0.39, 0.29) is 24.1 Å². The van der Waals surface area contributed by atoms with E-state index in [4.69, 9.17) is 17.0 Å². The summed E-state index contributed by atoms with van der Waals surface area (Å²) in [6.07, 6.45) is 1.80. The normalized spacial score (nSPS) is 19.3. The first-order valence-electron chi connectivity index (χ1n) is 14.3. The third-order valence-corrected chi connectivity index (χ3v) is 10.4. The van der Waals surface area contributed by atoms with E-state index in [2.05, 4.69) is 113 Å². The van der Waals surface area contributed by atoms with Crippen molar-refractivity contribution in [2.24, 2.45) is 0 Å². The van der Waals surface area contributed by atoms with E-state index in [9.17, 15) is 4.79 Å². The Kier molecular flexibility index (Phi) is 11.0. The van der Waals surface area contributed by atoms with Gasteiger partial charge in [-0.15, -0.1) is 11.8 Å².